The van der Waals surface area contributed by atoms with Crippen molar-refractivity contribution in [3.05, 3.63) is 29.5 Å². The van der Waals surface area contributed by atoms with Gasteiger partial charge in [-0.15, -0.1) is 10.2 Å². The fraction of sp³-hybridized carbons (Fsp3) is 0.381. The van der Waals surface area contributed by atoms with Gasteiger partial charge in [0.2, 0.25) is 21.0 Å². The average molecular weight is 534 g/mol. The molecule has 1 saturated heterocycles. The minimum atomic E-state index is -4.05. The molecule has 2 aliphatic rings. The summed E-state index contributed by atoms with van der Waals surface area (Å²) >= 11 is 0.666. The summed E-state index contributed by atoms with van der Waals surface area (Å²) in [5, 5.41) is 17.4. The summed E-state index contributed by atoms with van der Waals surface area (Å²) in [5.41, 5.74) is -0.481. The number of fused-ring (bicyclic) bond motifs is 3. The summed E-state index contributed by atoms with van der Waals surface area (Å²) in [7, 11) is -4.05. The maximum atomic E-state index is 13.3. The van der Waals surface area contributed by atoms with Gasteiger partial charge in [-0.2, -0.15) is 9.98 Å². The Morgan fingerprint density at radius 2 is 2.14 bits per heavy atom. The Bertz CT molecular complexity index is 1640. The lowest BCUT2D eigenvalue weighted by Crippen LogP contribution is -2.35. The third kappa shape index (κ3) is 3.86. The van der Waals surface area contributed by atoms with Crippen LogP contribution in [0.3, 0.4) is 0 Å². The molecule has 1 atom stereocenters. The van der Waals surface area contributed by atoms with E-state index < -0.39 is 27.0 Å². The van der Waals surface area contributed by atoms with Crippen molar-refractivity contribution in [2.75, 3.05) is 13.2 Å². The number of nitrogens with zero attached hydrogens (tertiary/aromatic N) is 6. The number of alkyl halides is 2. The standard InChI is InChI=1S/C21H17F2N7O4S2/c22-16(23)19-27-28-20(35-19)30-14-7-12(36(31,32)29-21(9-24)4-5-21)1-2-13(14)15-17(30)25-10-26-18(15)34-11-3-6-33-8-11/h1-2,7,10-11,16,29H,3-6,8H2/t11-/m0/s1. The smallest absolute Gasteiger partial charge is 0.291 e. The molecule has 0 spiro atoms. The third-order valence-electron chi connectivity index (χ3n) is 6.06. The highest BCUT2D eigenvalue weighted by Gasteiger charge is 2.46. The third-order valence-corrected chi connectivity index (χ3v) is 8.51. The summed E-state index contributed by atoms with van der Waals surface area (Å²) in [6.45, 7) is 0.952. The highest BCUT2D eigenvalue weighted by molar-refractivity contribution is 7.89. The maximum Gasteiger partial charge on any atom is 0.291 e. The van der Waals surface area contributed by atoms with Crippen LogP contribution in [0.15, 0.2) is 29.4 Å². The van der Waals surface area contributed by atoms with Gasteiger partial charge in [-0.3, -0.25) is 4.57 Å². The number of rotatable bonds is 7. The fourth-order valence-electron chi connectivity index (χ4n) is 4.08. The number of nitriles is 1. The van der Waals surface area contributed by atoms with E-state index in [0.717, 1.165) is 0 Å². The molecule has 0 unspecified atom stereocenters. The van der Waals surface area contributed by atoms with Crippen LogP contribution in [0.25, 0.3) is 27.1 Å². The summed E-state index contributed by atoms with van der Waals surface area (Å²) in [5.74, 6) is 0.257. The second kappa shape index (κ2) is 8.37. The van der Waals surface area contributed by atoms with E-state index in [4.69, 9.17) is 9.47 Å². The maximum absolute atomic E-state index is 13.3. The molecule has 15 heteroatoms. The molecule has 186 valence electrons. The quantitative estimate of drug-likeness (QED) is 0.379. The van der Waals surface area contributed by atoms with E-state index in [2.05, 4.69) is 24.9 Å². The zero-order valence-corrected chi connectivity index (χ0v) is 20.0. The van der Waals surface area contributed by atoms with Crippen molar-refractivity contribution < 1.29 is 26.7 Å². The Kier molecular flexibility index (Phi) is 5.37. The largest absolute Gasteiger partial charge is 0.471 e. The van der Waals surface area contributed by atoms with Gasteiger partial charge in [0.15, 0.2) is 10.7 Å². The van der Waals surface area contributed by atoms with E-state index in [9.17, 15) is 22.5 Å². The minimum absolute atomic E-state index is 0.0809. The molecule has 1 aromatic carbocycles. The van der Waals surface area contributed by atoms with Crippen LogP contribution in [-0.2, 0) is 14.8 Å². The molecule has 1 aliphatic carbocycles. The van der Waals surface area contributed by atoms with Crippen molar-refractivity contribution in [2.24, 2.45) is 0 Å². The predicted molar refractivity (Wildman–Crippen MR) is 123 cm³/mol. The van der Waals surface area contributed by atoms with Gasteiger partial charge in [0, 0.05) is 11.8 Å². The highest BCUT2D eigenvalue weighted by Crippen LogP contribution is 2.40. The van der Waals surface area contributed by atoms with Gasteiger partial charge in [-0.1, -0.05) is 17.4 Å². The Morgan fingerprint density at radius 1 is 1.31 bits per heavy atom. The zero-order chi connectivity index (χ0) is 25.1. The molecule has 1 N–H and O–H groups in total. The number of benzene rings is 1. The first-order chi connectivity index (χ1) is 17.3. The van der Waals surface area contributed by atoms with Gasteiger partial charge in [0.25, 0.3) is 6.43 Å². The van der Waals surface area contributed by atoms with Crippen LogP contribution in [0.4, 0.5) is 8.78 Å². The molecule has 1 aliphatic heterocycles. The molecule has 0 amide bonds. The van der Waals surface area contributed by atoms with E-state index in [1.54, 1.807) is 6.07 Å². The summed E-state index contributed by atoms with van der Waals surface area (Å²) < 4.78 is 68.1. The Balaban J connectivity index is 1.56. The van der Waals surface area contributed by atoms with E-state index in [1.807, 2.05) is 6.07 Å². The first-order valence-corrected chi connectivity index (χ1v) is 13.2. The van der Waals surface area contributed by atoms with Gasteiger partial charge < -0.3 is 9.47 Å². The molecular weight excluding hydrogens is 516 g/mol. The molecule has 4 heterocycles. The molecule has 36 heavy (non-hydrogen) atoms. The summed E-state index contributed by atoms with van der Waals surface area (Å²) in [6.07, 6.45) is -0.242. The molecule has 2 fully saturated rings. The molecular formula is C21H17F2N7O4S2. The van der Waals surface area contributed by atoms with Crippen LogP contribution >= 0.6 is 11.3 Å². The number of ether oxygens (including phenoxy) is 2. The van der Waals surface area contributed by atoms with Crippen molar-refractivity contribution in [1.82, 2.24) is 29.5 Å². The zero-order valence-electron chi connectivity index (χ0n) is 18.4. The van der Waals surface area contributed by atoms with Crippen LogP contribution in [0, 0.1) is 11.3 Å². The topological polar surface area (TPSA) is 145 Å². The number of hydrogen-bond acceptors (Lipinski definition) is 10. The first-order valence-electron chi connectivity index (χ1n) is 10.9. The first kappa shape index (κ1) is 23.1. The minimum Gasteiger partial charge on any atom is -0.471 e. The van der Waals surface area contributed by atoms with E-state index in [1.165, 1.54) is 23.0 Å². The Morgan fingerprint density at radius 3 is 2.81 bits per heavy atom. The van der Waals surface area contributed by atoms with Crippen molar-refractivity contribution in [2.45, 2.75) is 42.2 Å². The monoisotopic (exact) mass is 533 g/mol. The second-order valence-corrected chi connectivity index (χ2v) is 11.2. The Labute approximate surface area is 206 Å². The lowest BCUT2D eigenvalue weighted by Gasteiger charge is -2.11. The lowest BCUT2D eigenvalue weighted by atomic mass is 10.2. The van der Waals surface area contributed by atoms with Crippen LogP contribution < -0.4 is 9.46 Å². The molecule has 1 saturated carbocycles. The second-order valence-electron chi connectivity index (χ2n) is 8.52. The number of nitrogens with one attached hydrogen (secondary N) is 1. The summed E-state index contributed by atoms with van der Waals surface area (Å²) in [6, 6.07) is 6.37. The molecule has 6 rings (SSSR count). The van der Waals surface area contributed by atoms with E-state index in [-0.39, 0.29) is 22.0 Å². The number of halogens is 2. The highest BCUT2D eigenvalue weighted by atomic mass is 32.2. The molecule has 0 radical (unpaired) electrons. The number of hydrogen-bond donors (Lipinski definition) is 1. The van der Waals surface area contributed by atoms with Crippen LogP contribution in [0.1, 0.15) is 30.7 Å². The number of aromatic nitrogens is 5. The number of sulfonamides is 1. The van der Waals surface area contributed by atoms with Crippen LogP contribution in [-0.4, -0.2) is 58.0 Å². The van der Waals surface area contributed by atoms with Crippen LogP contribution in [0.2, 0.25) is 0 Å². The SMILES string of the molecule is N#CC1(NS(=O)(=O)c2ccc3c4c(O[C@H]5CCOC5)ncnc4n(-c4nnc(C(F)F)s4)c3c2)CC1. The van der Waals surface area contributed by atoms with Gasteiger partial charge >= 0.3 is 0 Å². The van der Waals surface area contributed by atoms with Gasteiger partial charge in [0.1, 0.15) is 18.0 Å². The van der Waals surface area contributed by atoms with Crippen molar-refractivity contribution in [1.29, 1.82) is 5.26 Å². The summed E-state index contributed by atoms with van der Waals surface area (Å²) in [4.78, 5) is 8.52. The van der Waals surface area contributed by atoms with E-state index in [0.29, 0.717) is 65.7 Å². The van der Waals surface area contributed by atoms with Gasteiger partial charge in [0.05, 0.1) is 35.1 Å². The Hall–Kier alpha value is -3.32. The fourth-order valence-corrected chi connectivity index (χ4v) is 6.20. The normalized spacial score (nSPS) is 19.2. The lowest BCUT2D eigenvalue weighted by molar-refractivity contribution is 0.139. The van der Waals surface area contributed by atoms with Gasteiger partial charge in [-0.25, -0.2) is 27.2 Å². The predicted octanol–water partition coefficient (Wildman–Crippen LogP) is 2.86. The van der Waals surface area contributed by atoms with Crippen molar-refractivity contribution in [3.63, 3.8) is 0 Å². The average Bonchev–Trinajstić information content (AvgIpc) is 3.24. The molecule has 11 nitrogen and oxygen atoms in total. The molecule has 0 bridgehead atoms. The van der Waals surface area contributed by atoms with Crippen LogP contribution in [0.5, 0.6) is 5.88 Å². The van der Waals surface area contributed by atoms with E-state index >= 15 is 0 Å². The van der Waals surface area contributed by atoms with Crippen molar-refractivity contribution in [3.8, 4) is 17.1 Å². The van der Waals surface area contributed by atoms with Gasteiger partial charge in [-0.05, 0) is 25.0 Å². The molecule has 4 aromatic rings. The van der Waals surface area contributed by atoms with Crippen molar-refractivity contribution >= 4 is 43.3 Å². The molecule has 3 aromatic heterocycles.